The minimum Gasteiger partial charge on any atom is -0.480 e. The maximum Gasteiger partial charge on any atom is 0.322 e. The fourth-order valence-corrected chi connectivity index (χ4v) is 4.43. The van der Waals surface area contributed by atoms with E-state index >= 15 is 0 Å². The molecule has 1 aliphatic rings. The Balaban J connectivity index is 2.07. The molecule has 0 aromatic heterocycles. The third kappa shape index (κ3) is 4.49. The summed E-state index contributed by atoms with van der Waals surface area (Å²) in [6, 6.07) is 4.51. The number of halogens is 1. The predicted octanol–water partition coefficient (Wildman–Crippen LogP) is 1.53. The molecule has 2 unspecified atom stereocenters. The van der Waals surface area contributed by atoms with E-state index in [-0.39, 0.29) is 18.4 Å². The van der Waals surface area contributed by atoms with E-state index in [1.54, 1.807) is 12.1 Å². The summed E-state index contributed by atoms with van der Waals surface area (Å²) in [5, 5.41) is 9.13. The van der Waals surface area contributed by atoms with Gasteiger partial charge in [-0.15, -0.1) is 0 Å². The van der Waals surface area contributed by atoms with Gasteiger partial charge in [0.05, 0.1) is 0 Å². The number of hydrogen-bond acceptors (Lipinski definition) is 3. The van der Waals surface area contributed by atoms with Gasteiger partial charge in [0, 0.05) is 12.6 Å². The lowest BCUT2D eigenvalue weighted by atomic mass is 10.1. The summed E-state index contributed by atoms with van der Waals surface area (Å²) in [5.41, 5.74) is 0.817. The number of nitrogens with one attached hydrogen (secondary N) is 1. The van der Waals surface area contributed by atoms with Crippen molar-refractivity contribution < 1.29 is 22.7 Å². The summed E-state index contributed by atoms with van der Waals surface area (Å²) < 4.78 is 41.4. The predicted molar refractivity (Wildman–Crippen MR) is 83.6 cm³/mol. The van der Waals surface area contributed by atoms with Gasteiger partial charge in [-0.2, -0.15) is 17.4 Å². The summed E-state index contributed by atoms with van der Waals surface area (Å²) in [6.45, 7) is 2.05. The lowest BCUT2D eigenvalue weighted by Crippen LogP contribution is -2.49. The monoisotopic (exact) mass is 344 g/mol. The molecular weight excluding hydrogens is 323 g/mol. The van der Waals surface area contributed by atoms with Crippen molar-refractivity contribution in [3.63, 3.8) is 0 Å². The van der Waals surface area contributed by atoms with Crippen molar-refractivity contribution in [2.45, 2.75) is 44.7 Å². The van der Waals surface area contributed by atoms with Crippen LogP contribution in [-0.4, -0.2) is 42.4 Å². The van der Waals surface area contributed by atoms with E-state index in [1.165, 1.54) is 12.1 Å². The average molecular weight is 344 g/mol. The molecule has 1 aromatic rings. The Kier molecular flexibility index (Phi) is 5.72. The second-order valence-electron chi connectivity index (χ2n) is 5.67. The third-order valence-electron chi connectivity index (χ3n) is 4.00. The van der Waals surface area contributed by atoms with E-state index in [4.69, 9.17) is 5.11 Å². The standard InChI is InChI=1S/C15H21FN2O4S/c1-2-13(10-11-5-7-12(16)8-6-11)17-23(21,22)18-9-3-4-14(18)15(19)20/h5-8,13-14,17H,2-4,9-10H2,1H3,(H,19,20). The Bertz CT molecular complexity index is 648. The van der Waals surface area contributed by atoms with Gasteiger partial charge in [-0.3, -0.25) is 4.79 Å². The Morgan fingerprint density at radius 3 is 2.65 bits per heavy atom. The zero-order valence-corrected chi connectivity index (χ0v) is 13.7. The van der Waals surface area contributed by atoms with E-state index in [0.29, 0.717) is 25.7 Å². The van der Waals surface area contributed by atoms with Gasteiger partial charge >= 0.3 is 5.97 Å². The topological polar surface area (TPSA) is 86.7 Å². The molecule has 0 amide bonds. The molecule has 128 valence electrons. The van der Waals surface area contributed by atoms with Gasteiger partial charge in [0.25, 0.3) is 10.2 Å². The summed E-state index contributed by atoms with van der Waals surface area (Å²) >= 11 is 0. The largest absolute Gasteiger partial charge is 0.480 e. The highest BCUT2D eigenvalue weighted by atomic mass is 32.2. The first-order valence-corrected chi connectivity index (χ1v) is 9.04. The summed E-state index contributed by atoms with van der Waals surface area (Å²) in [6.07, 6.45) is 1.82. The lowest BCUT2D eigenvalue weighted by molar-refractivity contribution is -0.140. The van der Waals surface area contributed by atoms with Gasteiger partial charge in [0.2, 0.25) is 0 Å². The van der Waals surface area contributed by atoms with Crippen LogP contribution in [0.3, 0.4) is 0 Å². The molecule has 0 radical (unpaired) electrons. The van der Waals surface area contributed by atoms with Crippen molar-refractivity contribution >= 4 is 16.2 Å². The van der Waals surface area contributed by atoms with E-state index in [9.17, 15) is 17.6 Å². The molecule has 2 atom stereocenters. The van der Waals surface area contributed by atoms with Crippen LogP contribution in [0.15, 0.2) is 24.3 Å². The molecule has 1 aromatic carbocycles. The molecule has 1 aliphatic heterocycles. The number of carbonyl (C=O) groups is 1. The molecule has 2 N–H and O–H groups in total. The van der Waals surface area contributed by atoms with Gasteiger partial charge in [0.1, 0.15) is 11.9 Å². The molecule has 1 fully saturated rings. The highest BCUT2D eigenvalue weighted by Crippen LogP contribution is 2.21. The first-order valence-electron chi connectivity index (χ1n) is 7.60. The number of benzene rings is 1. The second-order valence-corrected chi connectivity index (χ2v) is 7.32. The molecule has 0 spiro atoms. The Morgan fingerprint density at radius 1 is 1.43 bits per heavy atom. The van der Waals surface area contributed by atoms with Crippen LogP contribution in [0, 0.1) is 5.82 Å². The molecule has 6 nitrogen and oxygen atoms in total. The van der Waals surface area contributed by atoms with E-state index in [1.807, 2.05) is 6.92 Å². The Labute approximate surface area is 135 Å². The summed E-state index contributed by atoms with van der Waals surface area (Å²) in [7, 11) is -3.87. The number of carboxylic acids is 1. The van der Waals surface area contributed by atoms with Crippen LogP contribution in [0.25, 0.3) is 0 Å². The number of hydrogen-bond donors (Lipinski definition) is 2. The molecule has 8 heteroatoms. The van der Waals surface area contributed by atoms with Crippen LogP contribution in [0.5, 0.6) is 0 Å². The number of rotatable bonds is 7. The molecule has 0 saturated carbocycles. The minimum absolute atomic E-state index is 0.208. The van der Waals surface area contributed by atoms with Crippen LogP contribution in [0.4, 0.5) is 4.39 Å². The molecule has 0 aliphatic carbocycles. The molecule has 23 heavy (non-hydrogen) atoms. The molecule has 1 heterocycles. The van der Waals surface area contributed by atoms with Gasteiger partial charge in [-0.25, -0.2) is 4.39 Å². The van der Waals surface area contributed by atoms with Crippen LogP contribution >= 0.6 is 0 Å². The molecular formula is C15H21FN2O4S. The van der Waals surface area contributed by atoms with Gasteiger partial charge in [-0.1, -0.05) is 19.1 Å². The summed E-state index contributed by atoms with van der Waals surface area (Å²) in [4.78, 5) is 11.2. The first-order chi connectivity index (χ1) is 10.8. The van der Waals surface area contributed by atoms with Crippen LogP contribution in [0.2, 0.25) is 0 Å². The maximum absolute atomic E-state index is 12.9. The average Bonchev–Trinajstić information content (AvgIpc) is 2.99. The molecule has 1 saturated heterocycles. The van der Waals surface area contributed by atoms with Crippen molar-refractivity contribution in [1.29, 1.82) is 0 Å². The fraction of sp³-hybridized carbons (Fsp3) is 0.533. The Hall–Kier alpha value is -1.51. The third-order valence-corrected chi connectivity index (χ3v) is 5.69. The van der Waals surface area contributed by atoms with E-state index in [0.717, 1.165) is 9.87 Å². The Morgan fingerprint density at radius 2 is 2.09 bits per heavy atom. The lowest BCUT2D eigenvalue weighted by Gasteiger charge is -2.25. The van der Waals surface area contributed by atoms with Crippen LogP contribution in [0.1, 0.15) is 31.7 Å². The van der Waals surface area contributed by atoms with Crippen molar-refractivity contribution in [2.24, 2.45) is 0 Å². The van der Waals surface area contributed by atoms with Gasteiger partial charge in [-0.05, 0) is 43.4 Å². The quantitative estimate of drug-likeness (QED) is 0.785. The van der Waals surface area contributed by atoms with Gasteiger partial charge in [0.15, 0.2) is 0 Å². The van der Waals surface area contributed by atoms with Crippen molar-refractivity contribution in [3.8, 4) is 0 Å². The number of aliphatic carboxylic acids is 1. The van der Waals surface area contributed by atoms with Crippen molar-refractivity contribution in [3.05, 3.63) is 35.6 Å². The van der Waals surface area contributed by atoms with Gasteiger partial charge < -0.3 is 5.11 Å². The second kappa shape index (κ2) is 7.37. The van der Waals surface area contributed by atoms with Crippen LogP contribution < -0.4 is 4.72 Å². The first kappa shape index (κ1) is 17.8. The van der Waals surface area contributed by atoms with Crippen molar-refractivity contribution in [2.75, 3.05) is 6.54 Å². The zero-order valence-electron chi connectivity index (χ0n) is 12.9. The number of nitrogens with zero attached hydrogens (tertiary/aromatic N) is 1. The van der Waals surface area contributed by atoms with E-state index < -0.39 is 22.2 Å². The normalized spacial score (nSPS) is 20.5. The number of carboxylic acid groups (broad SMARTS) is 1. The molecule has 2 rings (SSSR count). The van der Waals surface area contributed by atoms with E-state index in [2.05, 4.69) is 4.72 Å². The van der Waals surface area contributed by atoms with Crippen LogP contribution in [-0.2, 0) is 21.4 Å². The minimum atomic E-state index is -3.87. The highest BCUT2D eigenvalue weighted by molar-refractivity contribution is 7.87. The summed E-state index contributed by atoms with van der Waals surface area (Å²) in [5.74, 6) is -1.47. The SMILES string of the molecule is CCC(Cc1ccc(F)cc1)NS(=O)(=O)N1CCCC1C(=O)O. The molecule has 0 bridgehead atoms. The highest BCUT2D eigenvalue weighted by Gasteiger charge is 2.39. The smallest absolute Gasteiger partial charge is 0.322 e. The zero-order chi connectivity index (χ0) is 17.0. The maximum atomic E-state index is 12.9. The fourth-order valence-electron chi connectivity index (χ4n) is 2.73. The van der Waals surface area contributed by atoms with Crippen molar-refractivity contribution in [1.82, 2.24) is 9.03 Å².